The van der Waals surface area contributed by atoms with Gasteiger partial charge in [-0.2, -0.15) is 4.98 Å². The predicted octanol–water partition coefficient (Wildman–Crippen LogP) is -1.04. The average Bonchev–Trinajstić information content (AvgIpc) is 2.63. The summed E-state index contributed by atoms with van der Waals surface area (Å²) < 4.78 is 2.94. The largest absolute Gasteiger partial charge is 0.355 e. The van der Waals surface area contributed by atoms with E-state index in [9.17, 15) is 14.4 Å². The van der Waals surface area contributed by atoms with E-state index in [0.717, 1.165) is 26.1 Å². The normalized spacial score (nSPS) is 11.5. The highest BCUT2D eigenvalue weighted by Crippen LogP contribution is 2.23. The van der Waals surface area contributed by atoms with Gasteiger partial charge in [0.05, 0.1) is 38.2 Å². The highest BCUT2D eigenvalue weighted by atomic mass is 16.2. The number of hydrogen-bond acceptors (Lipinski definition) is 5. The van der Waals surface area contributed by atoms with E-state index in [2.05, 4.69) is 15.3 Å². The zero-order chi connectivity index (χ0) is 21.3. The monoisotopic (exact) mass is 399 g/mol. The van der Waals surface area contributed by atoms with Gasteiger partial charge < -0.3 is 14.8 Å². The van der Waals surface area contributed by atoms with Gasteiger partial charge in [0, 0.05) is 20.0 Å². The van der Waals surface area contributed by atoms with Crippen molar-refractivity contribution in [1.29, 1.82) is 0 Å². The average molecular weight is 399 g/mol. The third kappa shape index (κ3) is 4.19. The van der Waals surface area contributed by atoms with Crippen molar-refractivity contribution < 1.29 is 9.69 Å². The van der Waals surface area contributed by atoms with Crippen LogP contribution in [0.25, 0.3) is 22.6 Å². The van der Waals surface area contributed by atoms with Crippen molar-refractivity contribution in [3.63, 3.8) is 0 Å². The molecular formula is C20H27N6O3+. The molecule has 3 rings (SSSR count). The number of benzene rings is 1. The first-order chi connectivity index (χ1) is 13.7. The Hall–Kier alpha value is -3.07. The van der Waals surface area contributed by atoms with Crippen molar-refractivity contribution in [2.45, 2.75) is 33.9 Å². The molecule has 0 radical (unpaired) electrons. The zero-order valence-corrected chi connectivity index (χ0v) is 17.5. The summed E-state index contributed by atoms with van der Waals surface area (Å²) in [5.74, 6) is 0.0980. The lowest BCUT2D eigenvalue weighted by molar-refractivity contribution is -0.859. The van der Waals surface area contributed by atoms with Gasteiger partial charge in [0.15, 0.2) is 11.5 Å². The van der Waals surface area contributed by atoms with Crippen LogP contribution in [-0.4, -0.2) is 52.2 Å². The highest BCUT2D eigenvalue weighted by Gasteiger charge is 2.22. The summed E-state index contributed by atoms with van der Waals surface area (Å²) in [7, 11) is 3.91. The molecule has 154 valence electrons. The second-order valence-corrected chi connectivity index (χ2v) is 7.65. The first kappa shape index (κ1) is 20.7. The Bertz CT molecular complexity index is 1160. The third-order valence-electron chi connectivity index (χ3n) is 5.01. The molecule has 9 heteroatoms. The summed E-state index contributed by atoms with van der Waals surface area (Å²) >= 11 is 0. The maximum atomic E-state index is 13.1. The molecule has 0 bridgehead atoms. The van der Waals surface area contributed by atoms with Crippen molar-refractivity contribution in [2.24, 2.45) is 0 Å². The van der Waals surface area contributed by atoms with E-state index in [4.69, 9.17) is 0 Å². The fraction of sp³-hybridized carbons (Fsp3) is 0.450. The van der Waals surface area contributed by atoms with Crippen LogP contribution in [0.5, 0.6) is 0 Å². The maximum absolute atomic E-state index is 13.1. The van der Waals surface area contributed by atoms with E-state index >= 15 is 0 Å². The van der Waals surface area contributed by atoms with Gasteiger partial charge in [-0.3, -0.25) is 14.2 Å². The van der Waals surface area contributed by atoms with Crippen molar-refractivity contribution >= 4 is 16.9 Å². The van der Waals surface area contributed by atoms with E-state index in [1.54, 1.807) is 4.57 Å². The molecule has 2 heterocycles. The van der Waals surface area contributed by atoms with Gasteiger partial charge in [0.1, 0.15) is 0 Å². The Kier molecular flexibility index (Phi) is 5.78. The summed E-state index contributed by atoms with van der Waals surface area (Å²) in [5, 5.41) is 2.75. The number of rotatable bonds is 6. The molecular weight excluding hydrogens is 372 g/mol. The number of nitrogens with zero attached hydrogens (tertiary/aromatic N) is 4. The van der Waals surface area contributed by atoms with Gasteiger partial charge in [-0.1, -0.05) is 0 Å². The van der Waals surface area contributed by atoms with Crippen molar-refractivity contribution in [3.05, 3.63) is 44.1 Å². The molecule has 2 N–H and O–H groups in total. The van der Waals surface area contributed by atoms with Gasteiger partial charge in [0.2, 0.25) is 5.91 Å². The number of fused-ring (bicyclic) bond motifs is 2. The Labute approximate surface area is 168 Å². The first-order valence-electron chi connectivity index (χ1n) is 9.65. The molecule has 29 heavy (non-hydrogen) atoms. The molecule has 0 spiro atoms. The standard InChI is InChI=1S/C20H26N6O3/c1-12-10-15-16(11-13(12)2)25(7-6-21-14(3)27)18-17(22-15)19(28)26(20(29)23-18)9-8-24(4)5/h10-11H,6-9H2,1-5H3,(H,21,27)/p+1. The molecule has 0 saturated heterocycles. The van der Waals surface area contributed by atoms with Gasteiger partial charge in [-0.25, -0.2) is 9.78 Å². The number of likely N-dealkylation sites (N-methyl/N-ethyl adjacent to an activating group) is 1. The number of carbonyl (C=O) groups is 1. The molecule has 0 unspecified atom stereocenters. The number of aromatic nitrogens is 4. The quantitative estimate of drug-likeness (QED) is 0.515. The lowest BCUT2D eigenvalue weighted by atomic mass is 10.1. The van der Waals surface area contributed by atoms with Crippen LogP contribution >= 0.6 is 0 Å². The molecule has 2 aliphatic heterocycles. The van der Waals surface area contributed by atoms with Crippen LogP contribution in [-0.2, 0) is 17.9 Å². The second kappa shape index (κ2) is 8.12. The van der Waals surface area contributed by atoms with Gasteiger partial charge >= 0.3 is 5.69 Å². The Morgan fingerprint density at radius 1 is 1.07 bits per heavy atom. The van der Waals surface area contributed by atoms with Crippen LogP contribution in [0.1, 0.15) is 18.1 Å². The van der Waals surface area contributed by atoms with Crippen LogP contribution in [0.15, 0.2) is 21.7 Å². The maximum Gasteiger partial charge on any atom is 0.352 e. The van der Waals surface area contributed by atoms with Gasteiger partial charge in [-0.15, -0.1) is 0 Å². The van der Waals surface area contributed by atoms with E-state index in [0.29, 0.717) is 25.2 Å². The number of amides is 1. The first-order valence-corrected chi connectivity index (χ1v) is 9.65. The van der Waals surface area contributed by atoms with E-state index in [1.165, 1.54) is 6.92 Å². The minimum Gasteiger partial charge on any atom is -0.355 e. The summed E-state index contributed by atoms with van der Waals surface area (Å²) in [6.45, 7) is 7.04. The molecule has 0 fully saturated rings. The van der Waals surface area contributed by atoms with Gasteiger partial charge in [0.25, 0.3) is 5.56 Å². The fourth-order valence-electron chi connectivity index (χ4n) is 3.23. The minimum absolute atomic E-state index is 0.147. The Balaban J connectivity index is 2.27. The molecule has 0 aliphatic carbocycles. The highest BCUT2D eigenvalue weighted by molar-refractivity contribution is 5.81. The number of aryl methyl sites for hydroxylation is 2. The molecule has 0 saturated carbocycles. The fourth-order valence-corrected chi connectivity index (χ4v) is 3.23. The van der Waals surface area contributed by atoms with Crippen molar-refractivity contribution in [2.75, 3.05) is 27.2 Å². The zero-order valence-electron chi connectivity index (χ0n) is 17.5. The van der Waals surface area contributed by atoms with E-state index < -0.39 is 11.2 Å². The molecule has 1 aromatic carbocycles. The molecule has 2 aliphatic rings. The molecule has 0 atom stereocenters. The number of nitrogens with one attached hydrogen (secondary N) is 2. The van der Waals surface area contributed by atoms with Crippen molar-refractivity contribution in [1.82, 2.24) is 24.4 Å². The van der Waals surface area contributed by atoms with Crippen LogP contribution in [0.3, 0.4) is 0 Å². The second-order valence-electron chi connectivity index (χ2n) is 7.65. The smallest absolute Gasteiger partial charge is 0.352 e. The summed E-state index contributed by atoms with van der Waals surface area (Å²) in [4.78, 5) is 46.8. The van der Waals surface area contributed by atoms with Crippen LogP contribution in [0.4, 0.5) is 0 Å². The van der Waals surface area contributed by atoms with Crippen LogP contribution < -0.4 is 21.5 Å². The topological polar surface area (TPSA) is 103 Å². The summed E-state index contributed by atoms with van der Waals surface area (Å²) in [6, 6.07) is 3.90. The molecule has 1 amide bonds. The Morgan fingerprint density at radius 3 is 2.41 bits per heavy atom. The lowest BCUT2D eigenvalue weighted by Crippen LogP contribution is -3.06. The SMILES string of the molecule is CC(=O)NCCn1c2nc(=O)n(CC[NH+](C)C)c(=O)c-2nc2cc(C)c(C)cc21. The van der Waals surface area contributed by atoms with Gasteiger partial charge in [-0.05, 0) is 37.1 Å². The third-order valence-corrected chi connectivity index (χ3v) is 5.01. The van der Waals surface area contributed by atoms with Crippen molar-refractivity contribution in [3.8, 4) is 11.5 Å². The molecule has 1 aromatic rings. The molecule has 9 nitrogen and oxygen atoms in total. The predicted molar refractivity (Wildman–Crippen MR) is 111 cm³/mol. The Morgan fingerprint density at radius 2 is 1.76 bits per heavy atom. The summed E-state index contributed by atoms with van der Waals surface area (Å²) in [5.41, 5.74) is 2.70. The molecule has 0 aromatic heterocycles. The summed E-state index contributed by atoms with van der Waals surface area (Å²) in [6.07, 6.45) is 0. The number of carbonyl (C=O) groups excluding carboxylic acids is 1. The van der Waals surface area contributed by atoms with E-state index in [1.807, 2.05) is 40.1 Å². The van der Waals surface area contributed by atoms with Crippen LogP contribution in [0.2, 0.25) is 0 Å². The minimum atomic E-state index is -0.581. The van der Waals surface area contributed by atoms with Crippen LogP contribution in [0, 0.1) is 13.8 Å². The lowest BCUT2D eigenvalue weighted by Gasteiger charge is -2.19. The van der Waals surface area contributed by atoms with E-state index in [-0.39, 0.29) is 24.0 Å². The number of quaternary nitrogens is 1. The number of hydrogen-bond donors (Lipinski definition) is 2.